The van der Waals surface area contributed by atoms with Gasteiger partial charge >= 0.3 is 0 Å². The summed E-state index contributed by atoms with van der Waals surface area (Å²) >= 11 is 1.03. The molecule has 3 aromatic rings. The van der Waals surface area contributed by atoms with Gasteiger partial charge < -0.3 is 19.0 Å². The van der Waals surface area contributed by atoms with Crippen LogP contribution in [0.5, 0.6) is 17.2 Å². The third kappa shape index (κ3) is 6.83. The van der Waals surface area contributed by atoms with Crippen LogP contribution in [0.2, 0.25) is 0 Å². The fourth-order valence-corrected chi connectivity index (χ4v) is 4.65. The monoisotopic (exact) mass is 520 g/mol. The fourth-order valence-electron chi connectivity index (χ4n) is 3.79. The van der Waals surface area contributed by atoms with Crippen molar-refractivity contribution in [3.05, 3.63) is 77.9 Å². The summed E-state index contributed by atoms with van der Waals surface area (Å²) in [5, 5.41) is 5.83. The Balaban J connectivity index is 1.25. The number of nitrogens with one attached hydrogen (secondary N) is 1. The molecule has 1 fully saturated rings. The predicted octanol–water partition coefficient (Wildman–Crippen LogP) is 5.08. The summed E-state index contributed by atoms with van der Waals surface area (Å²) < 4.78 is 16.5. The number of carbonyl (C=O) groups excluding carboxylic acids is 2. The van der Waals surface area contributed by atoms with Crippen LogP contribution >= 0.6 is 11.8 Å². The molecule has 0 aliphatic carbocycles. The number of benzene rings is 3. The van der Waals surface area contributed by atoms with E-state index < -0.39 is 0 Å². The van der Waals surface area contributed by atoms with Crippen molar-refractivity contribution in [2.75, 3.05) is 27.4 Å². The van der Waals surface area contributed by atoms with Gasteiger partial charge in [-0.2, -0.15) is 0 Å². The summed E-state index contributed by atoms with van der Waals surface area (Å²) in [7, 11) is 3.29. The van der Waals surface area contributed by atoms with Crippen LogP contribution in [-0.2, 0) is 16.1 Å². The molecule has 1 unspecified atom stereocenters. The third-order valence-corrected chi connectivity index (χ3v) is 6.76. The van der Waals surface area contributed by atoms with Crippen molar-refractivity contribution in [2.24, 2.45) is 5.16 Å². The summed E-state index contributed by atoms with van der Waals surface area (Å²) in [5.41, 5.74) is 4.61. The highest BCUT2D eigenvalue weighted by molar-refractivity contribution is 8.15. The van der Waals surface area contributed by atoms with Crippen molar-refractivity contribution >= 4 is 28.6 Å². The van der Waals surface area contributed by atoms with Gasteiger partial charge in [-0.05, 0) is 60.4 Å². The Labute approximate surface area is 219 Å². The van der Waals surface area contributed by atoms with Gasteiger partial charge in [-0.3, -0.25) is 14.9 Å². The highest BCUT2D eigenvalue weighted by Crippen LogP contribution is 2.33. The SMILES string of the molecule is COc1ccc(OC)c(-c2ccc(/C(C)=N\OCCOc3ccc(CC4SC(=O)NC4=O)cc3)cc2)c1. The number of ether oxygens (including phenoxy) is 3. The van der Waals surface area contributed by atoms with Crippen molar-refractivity contribution in [2.45, 2.75) is 18.6 Å². The van der Waals surface area contributed by atoms with Gasteiger partial charge in [0.15, 0.2) is 6.61 Å². The smallest absolute Gasteiger partial charge is 0.286 e. The molecule has 1 saturated heterocycles. The van der Waals surface area contributed by atoms with Gasteiger partial charge in [-0.1, -0.05) is 53.3 Å². The Morgan fingerprint density at radius 3 is 2.30 bits per heavy atom. The van der Waals surface area contributed by atoms with Crippen LogP contribution < -0.4 is 19.5 Å². The van der Waals surface area contributed by atoms with Crippen LogP contribution in [-0.4, -0.2) is 49.5 Å². The fraction of sp³-hybridized carbons (Fsp3) is 0.250. The van der Waals surface area contributed by atoms with Crippen LogP contribution in [0, 0.1) is 0 Å². The van der Waals surface area contributed by atoms with Crippen LogP contribution in [0.4, 0.5) is 4.79 Å². The first-order valence-corrected chi connectivity index (χ1v) is 12.6. The van der Waals surface area contributed by atoms with E-state index in [4.69, 9.17) is 19.0 Å². The molecule has 4 rings (SSSR count). The minimum atomic E-state index is -0.380. The first-order valence-electron chi connectivity index (χ1n) is 11.7. The molecule has 8 nitrogen and oxygen atoms in total. The standard InChI is InChI=1S/C28H28N2O6S/c1-18(20-6-8-21(9-7-20)24-17-23(33-2)12-13-25(24)34-3)30-36-15-14-35-22-10-4-19(5-11-22)16-26-27(31)29-28(32)37-26/h4-13,17,26H,14-16H2,1-3H3,(H,29,31,32)/b30-18-. The lowest BCUT2D eigenvalue weighted by atomic mass is 10.0. The summed E-state index contributed by atoms with van der Waals surface area (Å²) in [6.07, 6.45) is 0.494. The zero-order valence-corrected chi connectivity index (χ0v) is 21.7. The second kappa shape index (κ2) is 12.3. The number of nitrogens with zero attached hydrogens (tertiary/aromatic N) is 1. The Morgan fingerprint density at radius 1 is 0.919 bits per heavy atom. The highest BCUT2D eigenvalue weighted by atomic mass is 32.2. The molecular formula is C28H28N2O6S. The first-order chi connectivity index (χ1) is 18.0. The molecule has 9 heteroatoms. The first kappa shape index (κ1) is 26.1. The van der Waals surface area contributed by atoms with Gasteiger partial charge in [-0.15, -0.1) is 0 Å². The predicted molar refractivity (Wildman–Crippen MR) is 144 cm³/mol. The number of carbonyl (C=O) groups is 2. The quantitative estimate of drug-likeness (QED) is 0.214. The summed E-state index contributed by atoms with van der Waals surface area (Å²) in [5.74, 6) is 1.99. The molecule has 0 saturated carbocycles. The van der Waals surface area contributed by atoms with Crippen LogP contribution in [0.15, 0.2) is 71.9 Å². The second-order valence-corrected chi connectivity index (χ2v) is 9.41. The molecule has 1 heterocycles. The minimum Gasteiger partial charge on any atom is -0.497 e. The van der Waals surface area contributed by atoms with Crippen molar-refractivity contribution < 1.29 is 28.6 Å². The van der Waals surface area contributed by atoms with E-state index >= 15 is 0 Å². The number of imide groups is 1. The lowest BCUT2D eigenvalue weighted by Crippen LogP contribution is -2.25. The molecule has 1 aliphatic rings. The van der Waals surface area contributed by atoms with Gasteiger partial charge in [0.2, 0.25) is 5.91 Å². The molecule has 0 radical (unpaired) electrons. The van der Waals surface area contributed by atoms with Crippen LogP contribution in [0.3, 0.4) is 0 Å². The van der Waals surface area contributed by atoms with E-state index in [9.17, 15) is 9.59 Å². The zero-order chi connectivity index (χ0) is 26.2. The van der Waals surface area contributed by atoms with Gasteiger partial charge in [0.25, 0.3) is 5.24 Å². The molecule has 37 heavy (non-hydrogen) atoms. The number of thioether (sulfide) groups is 1. The van der Waals surface area contributed by atoms with Crippen LogP contribution in [0.1, 0.15) is 18.1 Å². The number of rotatable bonds is 11. The number of methoxy groups -OCH3 is 2. The molecule has 2 amide bonds. The van der Waals surface area contributed by atoms with Crippen molar-refractivity contribution in [1.82, 2.24) is 5.32 Å². The molecule has 3 aromatic carbocycles. The maximum Gasteiger partial charge on any atom is 0.286 e. The molecule has 192 valence electrons. The molecular weight excluding hydrogens is 492 g/mol. The molecule has 0 spiro atoms. The number of hydrogen-bond acceptors (Lipinski definition) is 8. The number of hydrogen-bond donors (Lipinski definition) is 1. The molecule has 1 aliphatic heterocycles. The molecule has 1 N–H and O–H groups in total. The Hall–Kier alpha value is -3.98. The lowest BCUT2D eigenvalue weighted by Gasteiger charge is -2.11. The lowest BCUT2D eigenvalue weighted by molar-refractivity contribution is -0.118. The topological polar surface area (TPSA) is 95.4 Å². The molecule has 0 bridgehead atoms. The average Bonchev–Trinajstić information content (AvgIpc) is 3.24. The van der Waals surface area contributed by atoms with E-state index in [1.54, 1.807) is 14.2 Å². The van der Waals surface area contributed by atoms with Gasteiger partial charge in [0, 0.05) is 5.56 Å². The maximum absolute atomic E-state index is 11.7. The van der Waals surface area contributed by atoms with Crippen LogP contribution in [0.25, 0.3) is 11.1 Å². The Kier molecular flexibility index (Phi) is 8.68. The van der Waals surface area contributed by atoms with Crippen molar-refractivity contribution in [3.8, 4) is 28.4 Å². The van der Waals surface area contributed by atoms with E-state index in [-0.39, 0.29) is 16.4 Å². The average molecular weight is 521 g/mol. The van der Waals surface area contributed by atoms with Gasteiger partial charge in [-0.25, -0.2) is 0 Å². The van der Waals surface area contributed by atoms with E-state index in [0.717, 1.165) is 51.2 Å². The van der Waals surface area contributed by atoms with E-state index in [1.807, 2.05) is 73.7 Å². The number of oxime groups is 1. The molecule has 1 atom stereocenters. The summed E-state index contributed by atoms with van der Waals surface area (Å²) in [6.45, 7) is 2.51. The van der Waals surface area contributed by atoms with E-state index in [2.05, 4.69) is 10.5 Å². The summed E-state index contributed by atoms with van der Waals surface area (Å²) in [4.78, 5) is 28.4. The minimum absolute atomic E-state index is 0.239. The van der Waals surface area contributed by atoms with E-state index in [1.165, 1.54) is 0 Å². The third-order valence-electron chi connectivity index (χ3n) is 5.78. The van der Waals surface area contributed by atoms with Gasteiger partial charge in [0.05, 0.1) is 25.2 Å². The maximum atomic E-state index is 11.7. The Morgan fingerprint density at radius 2 is 1.65 bits per heavy atom. The molecule has 0 aromatic heterocycles. The second-order valence-electron chi connectivity index (χ2n) is 8.23. The summed E-state index contributed by atoms with van der Waals surface area (Å²) in [6, 6.07) is 21.1. The number of amides is 2. The highest BCUT2D eigenvalue weighted by Gasteiger charge is 2.31. The zero-order valence-electron chi connectivity index (χ0n) is 20.9. The van der Waals surface area contributed by atoms with Crippen molar-refractivity contribution in [1.29, 1.82) is 0 Å². The van der Waals surface area contributed by atoms with E-state index in [0.29, 0.717) is 25.4 Å². The van der Waals surface area contributed by atoms with Crippen molar-refractivity contribution in [3.63, 3.8) is 0 Å². The largest absolute Gasteiger partial charge is 0.497 e. The Bertz CT molecular complexity index is 1270. The normalized spacial score (nSPS) is 15.3. The van der Waals surface area contributed by atoms with Gasteiger partial charge in [0.1, 0.15) is 23.9 Å².